The zero-order valence-electron chi connectivity index (χ0n) is 15.4. The summed E-state index contributed by atoms with van der Waals surface area (Å²) in [5.74, 6) is -3.09. The maximum Gasteiger partial charge on any atom is 0.350 e. The van der Waals surface area contributed by atoms with E-state index in [9.17, 15) is 14.4 Å². The molecule has 0 aromatic heterocycles. The number of hydrogen-bond acceptors (Lipinski definition) is 7. The number of nitrogens with zero attached hydrogens (tertiary/aromatic N) is 1. The lowest BCUT2D eigenvalue weighted by Crippen LogP contribution is -2.42. The molecule has 8 heteroatoms. The zero-order chi connectivity index (χ0) is 19.6. The second kappa shape index (κ2) is 7.30. The van der Waals surface area contributed by atoms with E-state index in [1.165, 1.54) is 20.0 Å². The van der Waals surface area contributed by atoms with Gasteiger partial charge in [0.15, 0.2) is 5.57 Å². The van der Waals surface area contributed by atoms with Gasteiger partial charge in [-0.25, -0.2) is 9.59 Å². The molecule has 0 bridgehead atoms. The van der Waals surface area contributed by atoms with E-state index < -0.39 is 17.7 Å². The van der Waals surface area contributed by atoms with E-state index in [1.54, 1.807) is 0 Å². The number of hydrogen-bond donors (Lipinski definition) is 2. The van der Waals surface area contributed by atoms with Crippen molar-refractivity contribution in [1.29, 1.82) is 0 Å². The molecular weight excluding hydrogens is 350 g/mol. The van der Waals surface area contributed by atoms with Gasteiger partial charge in [0.2, 0.25) is 5.91 Å². The van der Waals surface area contributed by atoms with Gasteiger partial charge in [0.25, 0.3) is 5.79 Å². The minimum absolute atomic E-state index is 0.0985. The summed E-state index contributed by atoms with van der Waals surface area (Å²) in [7, 11) is 0. The Bertz CT molecular complexity index is 772. The standard InChI is InChI=1S/C19H23N3O5/c1-19(2)26-17(24)13(18(25)27-19)11-21-14-5-3-4-6-15(14)22-9-7-12(8-10-22)16(20)23/h3-6,11-12,21H,7-10H2,1-2H3,(H2,20,23). The minimum Gasteiger partial charge on any atom is -0.419 e. The van der Waals surface area contributed by atoms with E-state index in [1.807, 2.05) is 24.3 Å². The highest BCUT2D eigenvalue weighted by molar-refractivity contribution is 6.15. The van der Waals surface area contributed by atoms with Crippen molar-refractivity contribution in [2.75, 3.05) is 23.3 Å². The average molecular weight is 373 g/mol. The number of piperidine rings is 1. The van der Waals surface area contributed by atoms with Gasteiger partial charge >= 0.3 is 11.9 Å². The molecule has 0 spiro atoms. The molecule has 27 heavy (non-hydrogen) atoms. The van der Waals surface area contributed by atoms with Crippen LogP contribution in [0.5, 0.6) is 0 Å². The number of carbonyl (C=O) groups excluding carboxylic acids is 3. The van der Waals surface area contributed by atoms with Gasteiger partial charge in [0.05, 0.1) is 11.4 Å². The molecule has 0 aliphatic carbocycles. The molecule has 0 unspecified atom stereocenters. The number of para-hydroxylation sites is 2. The molecule has 144 valence electrons. The molecule has 2 aliphatic rings. The van der Waals surface area contributed by atoms with Crippen LogP contribution < -0.4 is 16.0 Å². The fraction of sp³-hybridized carbons (Fsp3) is 0.421. The molecule has 3 N–H and O–H groups in total. The Morgan fingerprint density at radius 3 is 2.37 bits per heavy atom. The third-order valence-electron chi connectivity index (χ3n) is 4.63. The van der Waals surface area contributed by atoms with Crippen molar-refractivity contribution >= 4 is 29.2 Å². The smallest absolute Gasteiger partial charge is 0.350 e. The summed E-state index contributed by atoms with van der Waals surface area (Å²) in [5, 5.41) is 3.01. The SMILES string of the molecule is CC1(C)OC(=O)C(=CNc2ccccc2N2CCC(C(N)=O)CC2)C(=O)O1. The predicted molar refractivity (Wildman–Crippen MR) is 98.5 cm³/mol. The Kier molecular flexibility index (Phi) is 5.07. The molecule has 1 aromatic rings. The van der Waals surface area contributed by atoms with E-state index in [4.69, 9.17) is 15.2 Å². The predicted octanol–water partition coefficient (Wildman–Crippen LogP) is 1.52. The van der Waals surface area contributed by atoms with Gasteiger partial charge in [-0.2, -0.15) is 0 Å². The van der Waals surface area contributed by atoms with Crippen LogP contribution in [0, 0.1) is 5.92 Å². The Morgan fingerprint density at radius 1 is 1.19 bits per heavy atom. The number of carbonyl (C=O) groups is 3. The summed E-state index contributed by atoms with van der Waals surface area (Å²) in [6.07, 6.45) is 2.69. The number of amides is 1. The lowest BCUT2D eigenvalue weighted by molar-refractivity contribution is -0.222. The third-order valence-corrected chi connectivity index (χ3v) is 4.63. The Hall–Kier alpha value is -3.03. The van der Waals surface area contributed by atoms with E-state index in [2.05, 4.69) is 10.2 Å². The van der Waals surface area contributed by atoms with Crippen LogP contribution in [-0.4, -0.2) is 36.7 Å². The number of cyclic esters (lactones) is 2. The largest absolute Gasteiger partial charge is 0.419 e. The second-order valence-corrected chi connectivity index (χ2v) is 7.06. The Balaban J connectivity index is 1.75. The number of benzene rings is 1. The van der Waals surface area contributed by atoms with Crippen molar-refractivity contribution in [3.63, 3.8) is 0 Å². The average Bonchev–Trinajstić information content (AvgIpc) is 2.60. The summed E-state index contributed by atoms with van der Waals surface area (Å²) >= 11 is 0. The van der Waals surface area contributed by atoms with Gasteiger partial charge in [-0.3, -0.25) is 4.79 Å². The number of esters is 2. The number of nitrogens with one attached hydrogen (secondary N) is 1. The highest BCUT2D eigenvalue weighted by atomic mass is 16.7. The summed E-state index contributed by atoms with van der Waals surface area (Å²) in [5.41, 5.74) is 6.84. The molecule has 2 aliphatic heterocycles. The molecule has 2 fully saturated rings. The van der Waals surface area contributed by atoms with Crippen LogP contribution in [0.2, 0.25) is 0 Å². The normalized spacial score (nSPS) is 19.9. The van der Waals surface area contributed by atoms with Crippen LogP contribution >= 0.6 is 0 Å². The summed E-state index contributed by atoms with van der Waals surface area (Å²) in [6.45, 7) is 4.39. The van der Waals surface area contributed by atoms with Gasteiger partial charge in [-0.15, -0.1) is 0 Å². The maximum absolute atomic E-state index is 12.0. The monoisotopic (exact) mass is 373 g/mol. The van der Waals surface area contributed by atoms with Crippen molar-refractivity contribution in [3.05, 3.63) is 36.0 Å². The molecule has 0 radical (unpaired) electrons. The van der Waals surface area contributed by atoms with Gasteiger partial charge < -0.3 is 25.4 Å². The van der Waals surface area contributed by atoms with Crippen LogP contribution in [0.15, 0.2) is 36.0 Å². The molecule has 8 nitrogen and oxygen atoms in total. The number of anilines is 2. The number of primary amides is 1. The molecule has 2 heterocycles. The van der Waals surface area contributed by atoms with Crippen molar-refractivity contribution in [2.24, 2.45) is 11.7 Å². The third kappa shape index (κ3) is 4.21. The van der Waals surface area contributed by atoms with Crippen molar-refractivity contribution in [2.45, 2.75) is 32.5 Å². The summed E-state index contributed by atoms with van der Waals surface area (Å²) in [6, 6.07) is 7.53. The molecule has 0 atom stereocenters. The molecular formula is C19H23N3O5. The fourth-order valence-corrected chi connectivity index (χ4v) is 3.20. The Labute approximate surface area is 157 Å². The van der Waals surface area contributed by atoms with Crippen LogP contribution in [-0.2, 0) is 23.9 Å². The van der Waals surface area contributed by atoms with Crippen molar-refractivity contribution in [3.8, 4) is 0 Å². The van der Waals surface area contributed by atoms with E-state index in [0.717, 1.165) is 11.4 Å². The lowest BCUT2D eigenvalue weighted by Gasteiger charge is -2.33. The molecule has 0 saturated carbocycles. The van der Waals surface area contributed by atoms with Gasteiger partial charge in [0, 0.05) is 39.1 Å². The van der Waals surface area contributed by atoms with Crippen LogP contribution in [0.4, 0.5) is 11.4 Å². The fourth-order valence-electron chi connectivity index (χ4n) is 3.20. The molecule has 1 aromatic carbocycles. The minimum atomic E-state index is -1.27. The van der Waals surface area contributed by atoms with E-state index in [0.29, 0.717) is 25.9 Å². The van der Waals surface area contributed by atoms with E-state index in [-0.39, 0.29) is 17.4 Å². The van der Waals surface area contributed by atoms with Crippen LogP contribution in [0.3, 0.4) is 0 Å². The van der Waals surface area contributed by atoms with Crippen LogP contribution in [0.1, 0.15) is 26.7 Å². The highest BCUT2D eigenvalue weighted by Crippen LogP contribution is 2.30. The van der Waals surface area contributed by atoms with Crippen LogP contribution in [0.25, 0.3) is 0 Å². The maximum atomic E-state index is 12.0. The molecule has 2 saturated heterocycles. The first kappa shape index (κ1) is 18.8. The van der Waals surface area contributed by atoms with Gasteiger partial charge in [-0.1, -0.05) is 12.1 Å². The number of ether oxygens (including phenoxy) is 2. The van der Waals surface area contributed by atoms with Gasteiger partial charge in [0.1, 0.15) is 0 Å². The van der Waals surface area contributed by atoms with Crippen molar-refractivity contribution in [1.82, 2.24) is 0 Å². The highest BCUT2D eigenvalue weighted by Gasteiger charge is 2.39. The summed E-state index contributed by atoms with van der Waals surface area (Å²) in [4.78, 5) is 37.6. The second-order valence-electron chi connectivity index (χ2n) is 7.06. The zero-order valence-corrected chi connectivity index (χ0v) is 15.4. The molecule has 1 amide bonds. The lowest BCUT2D eigenvalue weighted by atomic mass is 9.96. The summed E-state index contributed by atoms with van der Waals surface area (Å²) < 4.78 is 10.2. The number of nitrogens with two attached hydrogens (primary N) is 1. The van der Waals surface area contributed by atoms with Crippen molar-refractivity contribution < 1.29 is 23.9 Å². The molecule has 3 rings (SSSR count). The first-order chi connectivity index (χ1) is 12.8. The topological polar surface area (TPSA) is 111 Å². The quantitative estimate of drug-likeness (QED) is 0.468. The number of rotatable bonds is 4. The van der Waals surface area contributed by atoms with E-state index >= 15 is 0 Å². The Morgan fingerprint density at radius 2 is 1.78 bits per heavy atom. The van der Waals surface area contributed by atoms with Gasteiger partial charge in [-0.05, 0) is 25.0 Å². The first-order valence-corrected chi connectivity index (χ1v) is 8.83. The first-order valence-electron chi connectivity index (χ1n) is 8.83.